The fourth-order valence-electron chi connectivity index (χ4n) is 2.71. The summed E-state index contributed by atoms with van der Waals surface area (Å²) in [5.74, 6) is 0. The summed E-state index contributed by atoms with van der Waals surface area (Å²) < 4.78 is 0. The number of piperidine rings is 1. The maximum Gasteiger partial charge on any atom is 0.0195 e. The molecule has 0 aromatic rings. The number of nitrogens with one attached hydrogen (secondary N) is 1. The van der Waals surface area contributed by atoms with Crippen molar-refractivity contribution in [2.24, 2.45) is 0 Å². The zero-order valence-corrected chi connectivity index (χ0v) is 9.30. The second kappa shape index (κ2) is 5.72. The van der Waals surface area contributed by atoms with Gasteiger partial charge in [0.1, 0.15) is 0 Å². The van der Waals surface area contributed by atoms with Crippen LogP contribution < -0.4 is 5.32 Å². The van der Waals surface area contributed by atoms with Gasteiger partial charge in [0.2, 0.25) is 0 Å². The molecule has 0 aromatic heterocycles. The minimum Gasteiger partial charge on any atom is -0.313 e. The SMILES string of the molecule is C1CCCN(CC2CCCCN2)CC1. The molecular weight excluding hydrogens is 172 g/mol. The second-order valence-corrected chi connectivity index (χ2v) is 4.86. The molecular formula is C12H24N2. The Morgan fingerprint density at radius 2 is 1.71 bits per heavy atom. The maximum absolute atomic E-state index is 3.65. The third-order valence-corrected chi connectivity index (χ3v) is 3.59. The molecule has 2 aliphatic rings. The van der Waals surface area contributed by atoms with Crippen molar-refractivity contribution in [1.29, 1.82) is 0 Å². The van der Waals surface area contributed by atoms with E-state index in [0.29, 0.717) is 0 Å². The zero-order valence-electron chi connectivity index (χ0n) is 9.30. The van der Waals surface area contributed by atoms with Crippen LogP contribution in [-0.2, 0) is 0 Å². The Hall–Kier alpha value is -0.0800. The minimum absolute atomic E-state index is 0.793. The predicted octanol–water partition coefficient (Wildman–Crippen LogP) is 2.00. The highest BCUT2D eigenvalue weighted by molar-refractivity contribution is 4.77. The van der Waals surface area contributed by atoms with Crippen molar-refractivity contribution in [2.75, 3.05) is 26.2 Å². The van der Waals surface area contributed by atoms with Gasteiger partial charge in [-0.25, -0.2) is 0 Å². The first kappa shape index (κ1) is 10.4. The molecule has 2 heteroatoms. The summed E-state index contributed by atoms with van der Waals surface area (Å²) in [4.78, 5) is 2.68. The largest absolute Gasteiger partial charge is 0.313 e. The van der Waals surface area contributed by atoms with E-state index in [2.05, 4.69) is 10.2 Å². The van der Waals surface area contributed by atoms with E-state index < -0.39 is 0 Å². The van der Waals surface area contributed by atoms with E-state index in [1.165, 1.54) is 71.1 Å². The molecule has 1 unspecified atom stereocenters. The van der Waals surface area contributed by atoms with Crippen LogP contribution in [0.2, 0.25) is 0 Å². The fourth-order valence-corrected chi connectivity index (χ4v) is 2.71. The van der Waals surface area contributed by atoms with Gasteiger partial charge in [0.15, 0.2) is 0 Å². The highest BCUT2D eigenvalue weighted by Gasteiger charge is 2.17. The molecule has 2 fully saturated rings. The molecule has 1 atom stereocenters. The van der Waals surface area contributed by atoms with Crippen molar-refractivity contribution in [1.82, 2.24) is 10.2 Å². The van der Waals surface area contributed by atoms with Crippen LogP contribution in [0.4, 0.5) is 0 Å². The molecule has 0 aliphatic carbocycles. The third-order valence-electron chi connectivity index (χ3n) is 3.59. The average Bonchev–Trinajstić information content (AvgIpc) is 2.48. The van der Waals surface area contributed by atoms with E-state index in [-0.39, 0.29) is 0 Å². The van der Waals surface area contributed by atoms with Crippen molar-refractivity contribution in [2.45, 2.75) is 51.0 Å². The van der Waals surface area contributed by atoms with Crippen molar-refractivity contribution in [3.63, 3.8) is 0 Å². The smallest absolute Gasteiger partial charge is 0.0195 e. The Morgan fingerprint density at radius 1 is 0.929 bits per heavy atom. The molecule has 0 amide bonds. The van der Waals surface area contributed by atoms with Crippen LogP contribution in [-0.4, -0.2) is 37.1 Å². The molecule has 2 saturated heterocycles. The second-order valence-electron chi connectivity index (χ2n) is 4.86. The summed E-state index contributed by atoms with van der Waals surface area (Å²) >= 11 is 0. The van der Waals surface area contributed by atoms with Crippen LogP contribution in [0.5, 0.6) is 0 Å². The van der Waals surface area contributed by atoms with Crippen molar-refractivity contribution >= 4 is 0 Å². The van der Waals surface area contributed by atoms with Crippen LogP contribution in [0.15, 0.2) is 0 Å². The summed E-state index contributed by atoms with van der Waals surface area (Å²) in [6.07, 6.45) is 9.97. The quantitative estimate of drug-likeness (QED) is 0.727. The molecule has 0 saturated carbocycles. The Kier molecular flexibility index (Phi) is 4.26. The maximum atomic E-state index is 3.65. The topological polar surface area (TPSA) is 15.3 Å². The third kappa shape index (κ3) is 3.25. The summed E-state index contributed by atoms with van der Waals surface area (Å²) in [6.45, 7) is 5.24. The molecule has 0 bridgehead atoms. The lowest BCUT2D eigenvalue weighted by molar-refractivity contribution is 0.231. The fraction of sp³-hybridized carbons (Fsp3) is 1.00. The summed E-state index contributed by atoms with van der Waals surface area (Å²) in [7, 11) is 0. The van der Waals surface area contributed by atoms with Crippen LogP contribution >= 0.6 is 0 Å². The number of hydrogen-bond donors (Lipinski definition) is 1. The first-order chi connectivity index (χ1) is 6.95. The molecule has 0 aromatic carbocycles. The van der Waals surface area contributed by atoms with E-state index in [0.717, 1.165) is 6.04 Å². The lowest BCUT2D eigenvalue weighted by Crippen LogP contribution is -2.43. The summed E-state index contributed by atoms with van der Waals surface area (Å²) in [6, 6.07) is 0.793. The van der Waals surface area contributed by atoms with Gasteiger partial charge in [-0.2, -0.15) is 0 Å². The van der Waals surface area contributed by atoms with Gasteiger partial charge in [0, 0.05) is 12.6 Å². The predicted molar refractivity (Wildman–Crippen MR) is 60.5 cm³/mol. The lowest BCUT2D eigenvalue weighted by atomic mass is 10.0. The van der Waals surface area contributed by atoms with Crippen molar-refractivity contribution < 1.29 is 0 Å². The summed E-state index contributed by atoms with van der Waals surface area (Å²) in [5.41, 5.74) is 0. The summed E-state index contributed by atoms with van der Waals surface area (Å²) in [5, 5.41) is 3.65. The average molecular weight is 196 g/mol. The number of rotatable bonds is 2. The first-order valence-corrected chi connectivity index (χ1v) is 6.41. The molecule has 1 N–H and O–H groups in total. The Bertz CT molecular complexity index is 144. The number of likely N-dealkylation sites (tertiary alicyclic amines) is 1. The molecule has 2 rings (SSSR count). The van der Waals surface area contributed by atoms with Crippen LogP contribution in [0.25, 0.3) is 0 Å². The van der Waals surface area contributed by atoms with Gasteiger partial charge >= 0.3 is 0 Å². The van der Waals surface area contributed by atoms with Crippen molar-refractivity contribution in [3.8, 4) is 0 Å². The van der Waals surface area contributed by atoms with E-state index in [1.807, 2.05) is 0 Å². The molecule has 2 nitrogen and oxygen atoms in total. The van der Waals surface area contributed by atoms with E-state index in [4.69, 9.17) is 0 Å². The van der Waals surface area contributed by atoms with Gasteiger partial charge in [-0.1, -0.05) is 19.3 Å². The molecule has 2 heterocycles. The van der Waals surface area contributed by atoms with Gasteiger partial charge in [0.25, 0.3) is 0 Å². The Labute approximate surface area is 88.1 Å². The van der Waals surface area contributed by atoms with Gasteiger partial charge in [-0.15, -0.1) is 0 Å². The van der Waals surface area contributed by atoms with E-state index >= 15 is 0 Å². The van der Waals surface area contributed by atoms with E-state index in [9.17, 15) is 0 Å². The number of hydrogen-bond acceptors (Lipinski definition) is 2. The molecule has 82 valence electrons. The monoisotopic (exact) mass is 196 g/mol. The first-order valence-electron chi connectivity index (χ1n) is 6.41. The number of nitrogens with zero attached hydrogens (tertiary/aromatic N) is 1. The molecule has 0 spiro atoms. The van der Waals surface area contributed by atoms with Crippen LogP contribution in [0.3, 0.4) is 0 Å². The molecule has 0 radical (unpaired) electrons. The zero-order chi connectivity index (χ0) is 9.64. The Morgan fingerprint density at radius 3 is 2.36 bits per heavy atom. The standard InChI is InChI=1S/C12H24N2/c1-2-6-10-14(9-5-1)11-12-7-3-4-8-13-12/h12-13H,1-11H2. The highest BCUT2D eigenvalue weighted by Crippen LogP contribution is 2.13. The van der Waals surface area contributed by atoms with Crippen LogP contribution in [0, 0.1) is 0 Å². The van der Waals surface area contributed by atoms with Crippen molar-refractivity contribution in [3.05, 3.63) is 0 Å². The normalized spacial score (nSPS) is 31.3. The van der Waals surface area contributed by atoms with Gasteiger partial charge in [-0.3, -0.25) is 0 Å². The van der Waals surface area contributed by atoms with Gasteiger partial charge in [-0.05, 0) is 45.3 Å². The van der Waals surface area contributed by atoms with Gasteiger partial charge < -0.3 is 10.2 Å². The highest BCUT2D eigenvalue weighted by atomic mass is 15.1. The minimum atomic E-state index is 0.793. The van der Waals surface area contributed by atoms with Gasteiger partial charge in [0.05, 0.1) is 0 Å². The molecule has 14 heavy (non-hydrogen) atoms. The van der Waals surface area contributed by atoms with E-state index in [1.54, 1.807) is 0 Å². The van der Waals surface area contributed by atoms with Crippen LogP contribution in [0.1, 0.15) is 44.9 Å². The Balaban J connectivity index is 1.71. The lowest BCUT2D eigenvalue weighted by Gasteiger charge is -2.29. The molecule has 2 aliphatic heterocycles.